The van der Waals surface area contributed by atoms with Crippen molar-refractivity contribution >= 4 is 5.78 Å². The van der Waals surface area contributed by atoms with Crippen LogP contribution in [0.1, 0.15) is 27.2 Å². The lowest BCUT2D eigenvalue weighted by atomic mass is 10.1. The van der Waals surface area contributed by atoms with Crippen LogP contribution in [0.25, 0.3) is 0 Å². The lowest BCUT2D eigenvalue weighted by Gasteiger charge is -2.23. The fourth-order valence-electron chi connectivity index (χ4n) is 1.15. The van der Waals surface area contributed by atoms with Gasteiger partial charge in [-0.1, -0.05) is 0 Å². The molecule has 0 spiro atoms. The van der Waals surface area contributed by atoms with Crippen molar-refractivity contribution in [2.24, 2.45) is 0 Å². The van der Waals surface area contributed by atoms with Crippen molar-refractivity contribution < 1.29 is 9.53 Å². The summed E-state index contributed by atoms with van der Waals surface area (Å²) in [6.07, 6.45) is 0.628. The van der Waals surface area contributed by atoms with Crippen molar-refractivity contribution in [1.82, 2.24) is 4.90 Å². The molecule has 0 aliphatic rings. The molecule has 1 unspecified atom stereocenters. The molecular weight excluding hydrogens is 166 g/mol. The Morgan fingerprint density at radius 3 is 2.62 bits per heavy atom. The number of likely N-dealkylation sites (N-methyl/N-ethyl adjacent to an activating group) is 1. The molecule has 0 aliphatic heterocycles. The first kappa shape index (κ1) is 12.6. The largest absolute Gasteiger partial charge is 0.380 e. The first-order valence-electron chi connectivity index (χ1n) is 4.85. The minimum atomic E-state index is 0.246. The number of hydrogen-bond acceptors (Lipinski definition) is 3. The molecule has 0 heterocycles. The van der Waals surface area contributed by atoms with Gasteiger partial charge < -0.3 is 9.64 Å². The molecule has 0 saturated heterocycles. The lowest BCUT2D eigenvalue weighted by Crippen LogP contribution is -2.33. The second kappa shape index (κ2) is 7.04. The molecule has 0 N–H and O–H groups in total. The van der Waals surface area contributed by atoms with E-state index in [9.17, 15) is 4.79 Å². The maximum atomic E-state index is 10.8. The van der Waals surface area contributed by atoms with Crippen LogP contribution in [-0.4, -0.2) is 43.5 Å². The van der Waals surface area contributed by atoms with E-state index in [0.29, 0.717) is 12.5 Å². The summed E-state index contributed by atoms with van der Waals surface area (Å²) in [5.74, 6) is 0.246. The van der Waals surface area contributed by atoms with Gasteiger partial charge in [0.15, 0.2) is 0 Å². The van der Waals surface area contributed by atoms with Gasteiger partial charge in [-0.3, -0.25) is 4.79 Å². The second-order valence-electron chi connectivity index (χ2n) is 3.43. The van der Waals surface area contributed by atoms with Gasteiger partial charge in [0.2, 0.25) is 0 Å². The summed E-state index contributed by atoms with van der Waals surface area (Å²) >= 11 is 0. The minimum absolute atomic E-state index is 0.246. The summed E-state index contributed by atoms with van der Waals surface area (Å²) in [5, 5.41) is 0. The fourth-order valence-corrected chi connectivity index (χ4v) is 1.15. The van der Waals surface area contributed by atoms with E-state index >= 15 is 0 Å². The third-order valence-electron chi connectivity index (χ3n) is 2.13. The number of ketones is 1. The number of Topliss-reactive ketones (excluding diaryl/α,β-unsaturated/α-hetero) is 1. The highest BCUT2D eigenvalue weighted by atomic mass is 16.5. The van der Waals surface area contributed by atoms with Crippen molar-refractivity contribution in [2.75, 3.05) is 26.8 Å². The topological polar surface area (TPSA) is 29.5 Å². The van der Waals surface area contributed by atoms with Gasteiger partial charge in [0.1, 0.15) is 5.78 Å². The Hall–Kier alpha value is -0.410. The van der Waals surface area contributed by atoms with Crippen LogP contribution in [0.2, 0.25) is 0 Å². The first-order chi connectivity index (χ1) is 6.07. The van der Waals surface area contributed by atoms with E-state index < -0.39 is 0 Å². The molecular formula is C10H21NO2. The molecule has 3 nitrogen and oxygen atoms in total. The SMILES string of the molecule is CCOCCN(C)C(C)CC(C)=O. The zero-order valence-electron chi connectivity index (χ0n) is 9.17. The highest BCUT2D eigenvalue weighted by molar-refractivity contribution is 5.76. The molecule has 1 atom stereocenters. The summed E-state index contributed by atoms with van der Waals surface area (Å²) < 4.78 is 5.23. The first-order valence-corrected chi connectivity index (χ1v) is 4.85. The normalized spacial score (nSPS) is 13.3. The molecule has 0 aromatic rings. The van der Waals surface area contributed by atoms with Gasteiger partial charge in [-0.2, -0.15) is 0 Å². The Labute approximate surface area is 81.1 Å². The fraction of sp³-hybridized carbons (Fsp3) is 0.900. The molecule has 78 valence electrons. The number of rotatable bonds is 7. The lowest BCUT2D eigenvalue weighted by molar-refractivity contribution is -0.118. The molecule has 0 saturated carbocycles. The van der Waals surface area contributed by atoms with Gasteiger partial charge in [0, 0.05) is 25.6 Å². The molecule has 0 bridgehead atoms. The van der Waals surface area contributed by atoms with Gasteiger partial charge >= 0.3 is 0 Å². The van der Waals surface area contributed by atoms with E-state index in [1.54, 1.807) is 6.92 Å². The van der Waals surface area contributed by atoms with Gasteiger partial charge in [0.05, 0.1) is 6.61 Å². The molecule has 0 aromatic carbocycles. The molecule has 13 heavy (non-hydrogen) atoms. The molecule has 0 fully saturated rings. The van der Waals surface area contributed by atoms with Crippen molar-refractivity contribution in [2.45, 2.75) is 33.2 Å². The zero-order valence-corrected chi connectivity index (χ0v) is 9.17. The van der Waals surface area contributed by atoms with Crippen LogP contribution in [-0.2, 0) is 9.53 Å². The van der Waals surface area contributed by atoms with E-state index in [1.165, 1.54) is 0 Å². The third-order valence-corrected chi connectivity index (χ3v) is 2.13. The van der Waals surface area contributed by atoms with Crippen LogP contribution in [0.4, 0.5) is 0 Å². The Kier molecular flexibility index (Phi) is 6.82. The van der Waals surface area contributed by atoms with Crippen molar-refractivity contribution in [3.63, 3.8) is 0 Å². The van der Waals surface area contributed by atoms with E-state index in [2.05, 4.69) is 11.8 Å². The van der Waals surface area contributed by atoms with Crippen LogP contribution in [0.15, 0.2) is 0 Å². The number of hydrogen-bond donors (Lipinski definition) is 0. The highest BCUT2D eigenvalue weighted by Crippen LogP contribution is 2.00. The summed E-state index contributed by atoms with van der Waals surface area (Å²) in [6, 6.07) is 0.318. The second-order valence-corrected chi connectivity index (χ2v) is 3.43. The highest BCUT2D eigenvalue weighted by Gasteiger charge is 2.10. The van der Waals surface area contributed by atoms with Gasteiger partial charge in [-0.05, 0) is 27.8 Å². The van der Waals surface area contributed by atoms with E-state index in [1.807, 2.05) is 14.0 Å². The number of ether oxygens (including phenoxy) is 1. The van der Waals surface area contributed by atoms with Crippen LogP contribution < -0.4 is 0 Å². The summed E-state index contributed by atoms with van der Waals surface area (Å²) in [5.41, 5.74) is 0. The predicted octanol–water partition coefficient (Wildman–Crippen LogP) is 1.32. The van der Waals surface area contributed by atoms with E-state index in [-0.39, 0.29) is 5.78 Å². The number of carbonyl (C=O) groups is 1. The van der Waals surface area contributed by atoms with E-state index in [0.717, 1.165) is 19.8 Å². The monoisotopic (exact) mass is 187 g/mol. The molecule has 0 radical (unpaired) electrons. The van der Waals surface area contributed by atoms with Crippen molar-refractivity contribution in [1.29, 1.82) is 0 Å². The van der Waals surface area contributed by atoms with Gasteiger partial charge in [-0.25, -0.2) is 0 Å². The minimum Gasteiger partial charge on any atom is -0.380 e. The Morgan fingerprint density at radius 2 is 2.15 bits per heavy atom. The van der Waals surface area contributed by atoms with Crippen LogP contribution in [0.5, 0.6) is 0 Å². The molecule has 0 amide bonds. The van der Waals surface area contributed by atoms with Crippen molar-refractivity contribution in [3.8, 4) is 0 Å². The Bertz CT molecular complexity index is 148. The van der Waals surface area contributed by atoms with Gasteiger partial charge in [0.25, 0.3) is 0 Å². The average molecular weight is 187 g/mol. The Balaban J connectivity index is 3.56. The summed E-state index contributed by atoms with van der Waals surface area (Å²) in [4.78, 5) is 13.0. The van der Waals surface area contributed by atoms with E-state index in [4.69, 9.17) is 4.74 Å². The molecule has 0 aliphatic carbocycles. The smallest absolute Gasteiger partial charge is 0.131 e. The molecule has 0 rings (SSSR count). The average Bonchev–Trinajstić information content (AvgIpc) is 2.03. The predicted molar refractivity (Wildman–Crippen MR) is 53.9 cm³/mol. The van der Waals surface area contributed by atoms with Crippen LogP contribution in [0, 0.1) is 0 Å². The number of carbonyl (C=O) groups excluding carboxylic acids is 1. The van der Waals surface area contributed by atoms with Crippen LogP contribution in [0.3, 0.4) is 0 Å². The maximum Gasteiger partial charge on any atom is 0.131 e. The van der Waals surface area contributed by atoms with Gasteiger partial charge in [-0.15, -0.1) is 0 Å². The molecule has 0 aromatic heterocycles. The maximum absolute atomic E-state index is 10.8. The Morgan fingerprint density at radius 1 is 1.54 bits per heavy atom. The number of nitrogens with zero attached hydrogens (tertiary/aromatic N) is 1. The van der Waals surface area contributed by atoms with Crippen LogP contribution >= 0.6 is 0 Å². The summed E-state index contributed by atoms with van der Waals surface area (Å²) in [7, 11) is 2.02. The summed E-state index contributed by atoms with van der Waals surface area (Å²) in [6.45, 7) is 8.08. The molecule has 3 heteroatoms. The zero-order chi connectivity index (χ0) is 10.3. The van der Waals surface area contributed by atoms with Crippen molar-refractivity contribution in [3.05, 3.63) is 0 Å². The quantitative estimate of drug-likeness (QED) is 0.563. The standard InChI is InChI=1S/C10H21NO2/c1-5-13-7-6-11(4)9(2)8-10(3)12/h9H,5-8H2,1-4H3. The third kappa shape index (κ3) is 6.72.